The first-order chi connectivity index (χ1) is 10.5. The Morgan fingerprint density at radius 3 is 2.86 bits per heavy atom. The average Bonchev–Trinajstić information content (AvgIpc) is 3.08. The van der Waals surface area contributed by atoms with Crippen LogP contribution in [-0.4, -0.2) is 55.2 Å². The maximum absolute atomic E-state index is 6.46. The second-order valence-corrected chi connectivity index (χ2v) is 8.10. The van der Waals surface area contributed by atoms with Gasteiger partial charge in [0.05, 0.1) is 25.3 Å². The number of hydrogen-bond acceptors (Lipinski definition) is 5. The summed E-state index contributed by atoms with van der Waals surface area (Å²) in [5.74, 6) is 1.02. The van der Waals surface area contributed by atoms with Gasteiger partial charge in [-0.3, -0.25) is 5.32 Å². The van der Waals surface area contributed by atoms with Gasteiger partial charge in [-0.25, -0.2) is 9.98 Å². The van der Waals surface area contributed by atoms with E-state index in [1.54, 1.807) is 11.3 Å². The molecule has 1 aromatic heterocycles. The van der Waals surface area contributed by atoms with Crippen molar-refractivity contribution >= 4 is 30.5 Å². The SMILES string of the molecule is [B][N+]12CCC(CC1)C1(CN=C(Nc3nc(C(C)C)cs3)O1)C2. The van der Waals surface area contributed by atoms with Crippen LogP contribution in [0.25, 0.3) is 0 Å². The number of nitrogens with one attached hydrogen (secondary N) is 1. The van der Waals surface area contributed by atoms with Gasteiger partial charge in [0.15, 0.2) is 10.7 Å². The Hall–Kier alpha value is -1.08. The van der Waals surface area contributed by atoms with Crippen LogP contribution < -0.4 is 5.32 Å². The smallest absolute Gasteiger partial charge is 0.450 e. The van der Waals surface area contributed by atoms with Crippen molar-refractivity contribution in [3.63, 3.8) is 0 Å². The fourth-order valence-electron chi connectivity index (χ4n) is 3.95. The molecule has 0 saturated carbocycles. The molecule has 2 radical (unpaired) electrons. The number of nitrogens with zero attached hydrogens (tertiary/aromatic N) is 3. The van der Waals surface area contributed by atoms with Gasteiger partial charge in [0.25, 0.3) is 6.02 Å². The number of fused-ring (bicyclic) bond motifs is 2. The molecule has 1 N–H and O–H groups in total. The summed E-state index contributed by atoms with van der Waals surface area (Å²) in [6, 6.07) is 0.616. The number of aliphatic imine (C=N–C) groups is 1. The minimum absolute atomic E-state index is 0.189. The first-order valence-electron chi connectivity index (χ1n) is 8.09. The number of anilines is 1. The van der Waals surface area contributed by atoms with E-state index in [1.165, 1.54) is 0 Å². The van der Waals surface area contributed by atoms with Crippen LogP contribution in [0.1, 0.15) is 38.3 Å². The molecule has 7 heteroatoms. The van der Waals surface area contributed by atoms with E-state index in [4.69, 9.17) is 12.7 Å². The molecule has 4 aliphatic rings. The van der Waals surface area contributed by atoms with E-state index in [0.29, 0.717) is 22.3 Å². The molecule has 0 amide bonds. The first-order valence-corrected chi connectivity index (χ1v) is 8.97. The Morgan fingerprint density at radius 1 is 1.45 bits per heavy atom. The minimum atomic E-state index is -0.189. The van der Waals surface area contributed by atoms with Gasteiger partial charge >= 0.3 is 7.98 Å². The van der Waals surface area contributed by atoms with Crippen LogP contribution in [0.2, 0.25) is 0 Å². The van der Waals surface area contributed by atoms with Crippen molar-refractivity contribution in [3.05, 3.63) is 11.1 Å². The summed E-state index contributed by atoms with van der Waals surface area (Å²) in [5, 5.41) is 6.20. The molecule has 0 aromatic carbocycles. The Bertz CT molecular complexity index is 608. The Morgan fingerprint density at radius 2 is 2.23 bits per heavy atom. The fourth-order valence-corrected chi connectivity index (χ4v) is 4.81. The highest BCUT2D eigenvalue weighted by molar-refractivity contribution is 7.13. The Labute approximate surface area is 136 Å². The van der Waals surface area contributed by atoms with Crippen LogP contribution in [0.3, 0.4) is 0 Å². The molecular weight excluding hydrogens is 295 g/mol. The van der Waals surface area contributed by atoms with Crippen LogP contribution in [0.5, 0.6) is 0 Å². The molecule has 5 rings (SSSR count). The lowest BCUT2D eigenvalue weighted by Crippen LogP contribution is -2.69. The highest BCUT2D eigenvalue weighted by Gasteiger charge is 2.57. The van der Waals surface area contributed by atoms with Crippen molar-refractivity contribution in [2.75, 3.05) is 31.5 Å². The van der Waals surface area contributed by atoms with E-state index >= 15 is 0 Å². The van der Waals surface area contributed by atoms with Crippen molar-refractivity contribution in [3.8, 4) is 0 Å². The van der Waals surface area contributed by atoms with Crippen molar-refractivity contribution in [2.24, 2.45) is 10.9 Å². The molecule has 1 spiro atoms. The summed E-state index contributed by atoms with van der Waals surface area (Å²) >= 11 is 1.60. The third-order valence-electron chi connectivity index (χ3n) is 5.29. The predicted octanol–water partition coefficient (Wildman–Crippen LogP) is 2.13. The lowest BCUT2D eigenvalue weighted by atomic mass is 9.72. The van der Waals surface area contributed by atoms with E-state index in [9.17, 15) is 0 Å². The maximum atomic E-state index is 6.46. The lowest BCUT2D eigenvalue weighted by Gasteiger charge is -2.55. The number of quaternary nitrogens is 1. The third-order valence-corrected chi connectivity index (χ3v) is 6.07. The van der Waals surface area contributed by atoms with Gasteiger partial charge in [0.2, 0.25) is 0 Å². The van der Waals surface area contributed by atoms with Crippen LogP contribution >= 0.6 is 11.3 Å². The summed E-state index contributed by atoms with van der Waals surface area (Å²) in [5.41, 5.74) is 0.918. The zero-order valence-electron chi connectivity index (χ0n) is 13.2. The number of aromatic nitrogens is 1. The standard InChI is InChI=1S/C15H22BN4OS/c1-10(2)12-7-22-14(18-12)19-13-17-8-15(21-13)9-20(16)5-3-11(15)4-6-20/h7,10-11H,3-6,8-9H2,1-2H3,(H,17,18,19)/q+1. The monoisotopic (exact) mass is 317 g/mol. The van der Waals surface area contributed by atoms with E-state index in [-0.39, 0.29) is 5.60 Å². The van der Waals surface area contributed by atoms with E-state index in [2.05, 4.69) is 34.5 Å². The zero-order chi connectivity index (χ0) is 15.4. The number of amidine groups is 1. The summed E-state index contributed by atoms with van der Waals surface area (Å²) in [6.45, 7) is 8.04. The molecule has 116 valence electrons. The van der Waals surface area contributed by atoms with E-state index < -0.39 is 0 Å². The fraction of sp³-hybridized carbons (Fsp3) is 0.733. The van der Waals surface area contributed by atoms with Crippen molar-refractivity contribution < 1.29 is 9.13 Å². The molecule has 2 bridgehead atoms. The highest BCUT2D eigenvalue weighted by Crippen LogP contribution is 2.43. The van der Waals surface area contributed by atoms with Crippen LogP contribution in [-0.2, 0) is 4.74 Å². The number of ether oxygens (including phenoxy) is 1. The topological polar surface area (TPSA) is 46.5 Å². The number of thiazole rings is 1. The minimum Gasteiger partial charge on any atom is -0.450 e. The molecule has 0 aliphatic carbocycles. The molecule has 1 aromatic rings. The van der Waals surface area contributed by atoms with Gasteiger partial charge in [-0.05, 0) is 5.92 Å². The zero-order valence-corrected chi connectivity index (χ0v) is 14.0. The summed E-state index contributed by atoms with van der Waals surface area (Å²) in [4.78, 5) is 9.18. The molecule has 5 nitrogen and oxygen atoms in total. The van der Waals surface area contributed by atoms with Gasteiger partial charge in [-0.15, -0.1) is 11.3 Å². The third kappa shape index (κ3) is 2.34. The van der Waals surface area contributed by atoms with Crippen LogP contribution in [0.15, 0.2) is 10.4 Å². The van der Waals surface area contributed by atoms with Crippen LogP contribution in [0, 0.1) is 5.92 Å². The number of rotatable bonds is 2. The molecular formula is C15H22BN4OS+. The van der Waals surface area contributed by atoms with Crippen LogP contribution in [0.4, 0.5) is 5.13 Å². The van der Waals surface area contributed by atoms with Gasteiger partial charge in [-0.2, -0.15) is 0 Å². The Balaban J connectivity index is 1.46. The summed E-state index contributed by atoms with van der Waals surface area (Å²) in [7, 11) is 6.46. The molecule has 1 unspecified atom stereocenters. The number of hydrogen-bond donors (Lipinski definition) is 1. The predicted molar refractivity (Wildman–Crippen MR) is 89.3 cm³/mol. The van der Waals surface area contributed by atoms with Crippen molar-refractivity contribution in [1.29, 1.82) is 0 Å². The van der Waals surface area contributed by atoms with Crippen molar-refractivity contribution in [1.82, 2.24) is 4.98 Å². The molecule has 4 aliphatic heterocycles. The quantitative estimate of drug-likeness (QED) is 0.850. The molecule has 3 fully saturated rings. The second kappa shape index (κ2) is 4.96. The van der Waals surface area contributed by atoms with Crippen molar-refractivity contribution in [2.45, 2.75) is 38.2 Å². The van der Waals surface area contributed by atoms with Gasteiger partial charge < -0.3 is 9.13 Å². The summed E-state index contributed by atoms with van der Waals surface area (Å²) < 4.78 is 6.92. The summed E-state index contributed by atoms with van der Waals surface area (Å²) in [6.07, 6.45) is 2.29. The lowest BCUT2D eigenvalue weighted by molar-refractivity contribution is -0.845. The maximum Gasteiger partial charge on any atom is 0.481 e. The van der Waals surface area contributed by atoms with E-state index in [1.807, 2.05) is 0 Å². The average molecular weight is 317 g/mol. The highest BCUT2D eigenvalue weighted by atomic mass is 32.1. The molecule has 22 heavy (non-hydrogen) atoms. The first kappa shape index (κ1) is 14.5. The molecule has 3 saturated heterocycles. The largest absolute Gasteiger partial charge is 0.481 e. The normalized spacial score (nSPS) is 36.7. The molecule has 1 atom stereocenters. The Kier molecular flexibility index (Phi) is 3.27. The molecule has 5 heterocycles. The van der Waals surface area contributed by atoms with Gasteiger partial charge in [0.1, 0.15) is 6.54 Å². The van der Waals surface area contributed by atoms with Gasteiger partial charge in [-0.1, -0.05) is 13.8 Å². The van der Waals surface area contributed by atoms with Gasteiger partial charge in [0, 0.05) is 24.1 Å². The number of piperidine rings is 3. The second-order valence-electron chi connectivity index (χ2n) is 7.24. The van der Waals surface area contributed by atoms with E-state index in [0.717, 1.165) is 49.8 Å².